The van der Waals surface area contributed by atoms with Crippen LogP contribution in [0, 0.1) is 0 Å². The van der Waals surface area contributed by atoms with Gasteiger partial charge in [-0.3, -0.25) is 9.69 Å². The molecule has 1 aromatic carbocycles. The third-order valence-corrected chi connectivity index (χ3v) is 4.08. The fourth-order valence-electron chi connectivity index (χ4n) is 2.55. The first-order valence-electron chi connectivity index (χ1n) is 6.81. The predicted octanol–water partition coefficient (Wildman–Crippen LogP) is 2.55. The van der Waals surface area contributed by atoms with Crippen LogP contribution in [0.25, 0.3) is 0 Å². The molecular weight excluding hydrogens is 260 g/mol. The van der Waals surface area contributed by atoms with E-state index in [1.807, 2.05) is 12.1 Å². The van der Waals surface area contributed by atoms with Crippen molar-refractivity contribution in [3.05, 3.63) is 34.9 Å². The van der Waals surface area contributed by atoms with Crippen LogP contribution in [-0.2, 0) is 0 Å². The maximum atomic E-state index is 12.2. The van der Waals surface area contributed by atoms with E-state index in [2.05, 4.69) is 23.8 Å². The minimum Gasteiger partial charge on any atom is -0.301 e. The number of nitrogens with zero attached hydrogens (tertiary/aromatic N) is 2. The van der Waals surface area contributed by atoms with Gasteiger partial charge in [0.1, 0.15) is 0 Å². The second-order valence-corrected chi connectivity index (χ2v) is 5.65. The van der Waals surface area contributed by atoms with Gasteiger partial charge in [0.25, 0.3) is 0 Å². The highest BCUT2D eigenvalue weighted by Gasteiger charge is 2.24. The summed E-state index contributed by atoms with van der Waals surface area (Å²) in [6.45, 7) is 5.65. The second-order valence-electron chi connectivity index (χ2n) is 5.21. The van der Waals surface area contributed by atoms with Gasteiger partial charge in [0.15, 0.2) is 5.78 Å². The van der Waals surface area contributed by atoms with Crippen LogP contribution in [-0.4, -0.2) is 54.9 Å². The monoisotopic (exact) mass is 280 g/mol. The van der Waals surface area contributed by atoms with Gasteiger partial charge in [-0.25, -0.2) is 0 Å². The van der Waals surface area contributed by atoms with E-state index in [0.717, 1.165) is 26.1 Å². The van der Waals surface area contributed by atoms with Crippen LogP contribution in [0.15, 0.2) is 24.3 Å². The van der Waals surface area contributed by atoms with Crippen molar-refractivity contribution in [3.63, 3.8) is 0 Å². The highest BCUT2D eigenvalue weighted by Crippen LogP contribution is 2.14. The average molecular weight is 281 g/mol. The number of likely N-dealkylation sites (N-methyl/N-ethyl adjacent to an activating group) is 1. The number of hydrogen-bond acceptors (Lipinski definition) is 3. The Balaban J connectivity index is 1.96. The molecular formula is C15H21ClN2O. The van der Waals surface area contributed by atoms with Crippen LogP contribution in [0.5, 0.6) is 0 Å². The largest absolute Gasteiger partial charge is 0.301 e. The molecule has 0 bridgehead atoms. The molecule has 0 aromatic heterocycles. The molecule has 19 heavy (non-hydrogen) atoms. The Labute approximate surface area is 120 Å². The van der Waals surface area contributed by atoms with E-state index in [-0.39, 0.29) is 5.78 Å². The summed E-state index contributed by atoms with van der Waals surface area (Å²) in [5.74, 6) is 0.155. The summed E-state index contributed by atoms with van der Waals surface area (Å²) in [4.78, 5) is 16.9. The van der Waals surface area contributed by atoms with Gasteiger partial charge in [0, 0.05) is 36.3 Å². The van der Waals surface area contributed by atoms with Crippen LogP contribution in [0.3, 0.4) is 0 Å². The molecule has 1 saturated heterocycles. The molecule has 4 heteroatoms. The third kappa shape index (κ3) is 3.78. The first-order chi connectivity index (χ1) is 9.10. The lowest BCUT2D eigenvalue weighted by Gasteiger charge is -2.38. The molecule has 0 N–H and O–H groups in total. The number of piperazine rings is 1. The second kappa shape index (κ2) is 6.51. The molecule has 1 unspecified atom stereocenters. The van der Waals surface area contributed by atoms with E-state index >= 15 is 0 Å². The molecule has 104 valence electrons. The minimum absolute atomic E-state index is 0.155. The van der Waals surface area contributed by atoms with Crippen molar-refractivity contribution < 1.29 is 4.79 Å². The summed E-state index contributed by atoms with van der Waals surface area (Å²) in [5.41, 5.74) is 0.708. The van der Waals surface area contributed by atoms with Crippen molar-refractivity contribution in [2.24, 2.45) is 0 Å². The van der Waals surface area contributed by atoms with Crippen LogP contribution in [0.2, 0.25) is 5.02 Å². The zero-order valence-electron chi connectivity index (χ0n) is 11.6. The topological polar surface area (TPSA) is 23.6 Å². The van der Waals surface area contributed by atoms with Crippen LogP contribution >= 0.6 is 11.6 Å². The standard InChI is InChI=1S/C15H21ClN2O/c1-3-14-10-18(8-7-17(14)2)11-15(19)12-5-4-6-13(16)9-12/h4-6,9,14H,3,7-8,10-11H2,1-2H3. The molecule has 2 rings (SSSR count). The Bertz CT molecular complexity index is 450. The summed E-state index contributed by atoms with van der Waals surface area (Å²) in [7, 11) is 2.16. The summed E-state index contributed by atoms with van der Waals surface area (Å²) in [5, 5.41) is 0.621. The zero-order chi connectivity index (χ0) is 13.8. The van der Waals surface area contributed by atoms with Gasteiger partial charge in [-0.2, -0.15) is 0 Å². The summed E-state index contributed by atoms with van der Waals surface area (Å²) in [6.07, 6.45) is 1.12. The van der Waals surface area contributed by atoms with Crippen molar-refractivity contribution in [2.45, 2.75) is 19.4 Å². The van der Waals surface area contributed by atoms with Gasteiger partial charge >= 0.3 is 0 Å². The van der Waals surface area contributed by atoms with E-state index < -0.39 is 0 Å². The van der Waals surface area contributed by atoms with E-state index in [0.29, 0.717) is 23.2 Å². The molecule has 0 radical (unpaired) electrons. The quantitative estimate of drug-likeness (QED) is 0.792. The number of carbonyl (C=O) groups excluding carboxylic acids is 1. The number of hydrogen-bond donors (Lipinski definition) is 0. The number of benzene rings is 1. The first kappa shape index (κ1) is 14.5. The highest BCUT2D eigenvalue weighted by molar-refractivity contribution is 6.31. The molecule has 1 aliphatic rings. The van der Waals surface area contributed by atoms with Gasteiger partial charge < -0.3 is 4.90 Å². The average Bonchev–Trinajstić information content (AvgIpc) is 2.41. The summed E-state index contributed by atoms with van der Waals surface area (Å²) in [6, 6.07) is 7.76. The Kier molecular flexibility index (Phi) is 4.97. The van der Waals surface area contributed by atoms with Crippen molar-refractivity contribution in [2.75, 3.05) is 33.2 Å². The summed E-state index contributed by atoms with van der Waals surface area (Å²) >= 11 is 5.92. The highest BCUT2D eigenvalue weighted by atomic mass is 35.5. The van der Waals surface area contributed by atoms with E-state index in [4.69, 9.17) is 11.6 Å². The fraction of sp³-hybridized carbons (Fsp3) is 0.533. The number of carbonyl (C=O) groups is 1. The molecule has 0 spiro atoms. The Morgan fingerprint density at radius 3 is 2.89 bits per heavy atom. The Morgan fingerprint density at radius 2 is 2.21 bits per heavy atom. The molecule has 1 atom stereocenters. The van der Waals surface area contributed by atoms with Crippen LogP contribution in [0.1, 0.15) is 23.7 Å². The Morgan fingerprint density at radius 1 is 1.42 bits per heavy atom. The molecule has 0 saturated carbocycles. The number of rotatable bonds is 4. The van der Waals surface area contributed by atoms with E-state index in [1.54, 1.807) is 12.1 Å². The van der Waals surface area contributed by atoms with Gasteiger partial charge in [-0.15, -0.1) is 0 Å². The van der Waals surface area contributed by atoms with E-state index in [9.17, 15) is 4.79 Å². The molecule has 1 heterocycles. The smallest absolute Gasteiger partial charge is 0.176 e. The summed E-state index contributed by atoms with van der Waals surface area (Å²) < 4.78 is 0. The predicted molar refractivity (Wildman–Crippen MR) is 78.9 cm³/mol. The molecule has 1 fully saturated rings. The SMILES string of the molecule is CCC1CN(CC(=O)c2cccc(Cl)c2)CCN1C. The number of halogens is 1. The van der Waals surface area contributed by atoms with Gasteiger partial charge in [0.2, 0.25) is 0 Å². The minimum atomic E-state index is 0.155. The van der Waals surface area contributed by atoms with Crippen molar-refractivity contribution in [1.29, 1.82) is 0 Å². The van der Waals surface area contributed by atoms with Crippen molar-refractivity contribution in [1.82, 2.24) is 9.80 Å². The third-order valence-electron chi connectivity index (χ3n) is 3.85. The van der Waals surface area contributed by atoms with Gasteiger partial charge in [-0.1, -0.05) is 30.7 Å². The molecule has 3 nitrogen and oxygen atoms in total. The molecule has 0 aliphatic carbocycles. The van der Waals surface area contributed by atoms with E-state index in [1.165, 1.54) is 0 Å². The number of Topliss-reactive ketones (excluding diaryl/α,β-unsaturated/α-hetero) is 1. The van der Waals surface area contributed by atoms with Crippen LogP contribution in [0.4, 0.5) is 0 Å². The number of ketones is 1. The maximum Gasteiger partial charge on any atom is 0.176 e. The van der Waals surface area contributed by atoms with Crippen LogP contribution < -0.4 is 0 Å². The van der Waals surface area contributed by atoms with Gasteiger partial charge in [0.05, 0.1) is 6.54 Å². The normalized spacial score (nSPS) is 21.5. The lowest BCUT2D eigenvalue weighted by atomic mass is 10.1. The zero-order valence-corrected chi connectivity index (χ0v) is 12.4. The van der Waals surface area contributed by atoms with Crippen molar-refractivity contribution in [3.8, 4) is 0 Å². The fourth-order valence-corrected chi connectivity index (χ4v) is 2.74. The molecule has 1 aliphatic heterocycles. The van der Waals surface area contributed by atoms with Gasteiger partial charge in [-0.05, 0) is 25.6 Å². The lowest BCUT2D eigenvalue weighted by molar-refractivity contribution is 0.0743. The van der Waals surface area contributed by atoms with Crippen molar-refractivity contribution >= 4 is 17.4 Å². The lowest BCUT2D eigenvalue weighted by Crippen LogP contribution is -2.52. The maximum absolute atomic E-state index is 12.2. The first-order valence-corrected chi connectivity index (χ1v) is 7.19. The molecule has 0 amide bonds. The Hall–Kier alpha value is -0.900. The molecule has 1 aromatic rings.